The third-order valence-corrected chi connectivity index (χ3v) is 4.35. The van der Waals surface area contributed by atoms with Gasteiger partial charge in [0.25, 0.3) is 0 Å². The first-order chi connectivity index (χ1) is 11.6. The van der Waals surface area contributed by atoms with Gasteiger partial charge in [-0.05, 0) is 44.2 Å². The molecule has 24 heavy (non-hydrogen) atoms. The Bertz CT molecular complexity index is 865. The quantitative estimate of drug-likeness (QED) is 0.709. The van der Waals surface area contributed by atoms with Crippen molar-refractivity contribution in [3.63, 3.8) is 0 Å². The van der Waals surface area contributed by atoms with E-state index < -0.39 is 0 Å². The molecule has 1 saturated heterocycles. The van der Waals surface area contributed by atoms with Crippen molar-refractivity contribution in [1.29, 1.82) is 0 Å². The van der Waals surface area contributed by atoms with Gasteiger partial charge in [0.2, 0.25) is 0 Å². The van der Waals surface area contributed by atoms with E-state index in [0.29, 0.717) is 0 Å². The van der Waals surface area contributed by atoms with Crippen molar-refractivity contribution in [2.75, 3.05) is 23.7 Å². The van der Waals surface area contributed by atoms with Crippen LogP contribution in [-0.4, -0.2) is 40.5 Å². The minimum Gasteiger partial charge on any atom is -0.399 e. The predicted molar refractivity (Wildman–Crippen MR) is 96.0 cm³/mol. The van der Waals surface area contributed by atoms with Crippen molar-refractivity contribution < 1.29 is 4.74 Å². The Morgan fingerprint density at radius 3 is 2.75 bits per heavy atom. The Balaban J connectivity index is 1.73. The standard InChI is InChI=1S/C18H21N5O/c1-11-9-23(10-12(2)24-11)17-7-13(5-6-20-17)18-15-8-14(19)3-4-16(15)21-22-18/h3-8,11-12H,9-10,19H2,1-2H3,(H,21,22)/t11-,12-/m0/s1. The lowest BCUT2D eigenvalue weighted by Gasteiger charge is -2.36. The van der Waals surface area contributed by atoms with E-state index >= 15 is 0 Å². The molecule has 1 aliphatic rings. The molecule has 4 rings (SSSR count). The number of rotatable bonds is 2. The van der Waals surface area contributed by atoms with E-state index in [2.05, 4.69) is 40.0 Å². The van der Waals surface area contributed by atoms with Gasteiger partial charge in [-0.3, -0.25) is 5.10 Å². The summed E-state index contributed by atoms with van der Waals surface area (Å²) in [5.74, 6) is 0.953. The number of aromatic amines is 1. The molecular weight excluding hydrogens is 302 g/mol. The molecule has 2 aromatic heterocycles. The number of hydrogen-bond acceptors (Lipinski definition) is 5. The average molecular weight is 323 g/mol. The highest BCUT2D eigenvalue weighted by Crippen LogP contribution is 2.30. The van der Waals surface area contributed by atoms with Crippen molar-refractivity contribution in [3.8, 4) is 11.3 Å². The second kappa shape index (κ2) is 5.79. The molecule has 3 N–H and O–H groups in total. The van der Waals surface area contributed by atoms with Gasteiger partial charge in [-0.2, -0.15) is 5.10 Å². The molecule has 0 unspecified atom stereocenters. The van der Waals surface area contributed by atoms with E-state index in [-0.39, 0.29) is 12.2 Å². The van der Waals surface area contributed by atoms with Crippen LogP contribution in [0.25, 0.3) is 22.2 Å². The van der Waals surface area contributed by atoms with Crippen LogP contribution in [0.1, 0.15) is 13.8 Å². The van der Waals surface area contributed by atoms with E-state index in [1.807, 2.05) is 30.5 Å². The Hall–Kier alpha value is -2.60. The minimum absolute atomic E-state index is 0.199. The number of hydrogen-bond donors (Lipinski definition) is 2. The van der Waals surface area contributed by atoms with Gasteiger partial charge in [-0.25, -0.2) is 4.98 Å². The molecule has 6 heteroatoms. The third-order valence-electron chi connectivity index (χ3n) is 4.35. The van der Waals surface area contributed by atoms with E-state index in [1.165, 1.54) is 0 Å². The number of aromatic nitrogens is 3. The highest BCUT2D eigenvalue weighted by Gasteiger charge is 2.23. The van der Waals surface area contributed by atoms with Gasteiger partial charge in [0.15, 0.2) is 0 Å². The SMILES string of the molecule is C[C@H]1CN(c2cc(-c3n[nH]c4ccc(N)cc34)ccn2)C[C@H](C)O1. The Morgan fingerprint density at radius 2 is 1.96 bits per heavy atom. The number of pyridine rings is 1. The lowest BCUT2D eigenvalue weighted by atomic mass is 10.1. The molecule has 1 aliphatic heterocycles. The predicted octanol–water partition coefficient (Wildman–Crippen LogP) is 2.82. The van der Waals surface area contributed by atoms with Crippen LogP contribution in [0.2, 0.25) is 0 Å². The average Bonchev–Trinajstić information content (AvgIpc) is 2.97. The number of nitrogens with one attached hydrogen (secondary N) is 1. The van der Waals surface area contributed by atoms with Crippen molar-refractivity contribution in [2.45, 2.75) is 26.1 Å². The van der Waals surface area contributed by atoms with Gasteiger partial charge in [-0.15, -0.1) is 0 Å². The third kappa shape index (κ3) is 2.69. The zero-order valence-electron chi connectivity index (χ0n) is 13.9. The first-order valence-electron chi connectivity index (χ1n) is 8.20. The number of anilines is 2. The molecule has 0 radical (unpaired) electrons. The topological polar surface area (TPSA) is 80.1 Å². The van der Waals surface area contributed by atoms with Crippen LogP contribution in [-0.2, 0) is 4.74 Å². The van der Waals surface area contributed by atoms with Gasteiger partial charge < -0.3 is 15.4 Å². The fourth-order valence-electron chi connectivity index (χ4n) is 3.36. The lowest BCUT2D eigenvalue weighted by Crippen LogP contribution is -2.45. The summed E-state index contributed by atoms with van der Waals surface area (Å²) in [6.45, 7) is 5.87. The Labute approximate surface area is 140 Å². The van der Waals surface area contributed by atoms with Gasteiger partial charge in [-0.1, -0.05) is 0 Å². The molecule has 0 saturated carbocycles. The molecule has 0 amide bonds. The second-order valence-electron chi connectivity index (χ2n) is 6.44. The molecule has 0 spiro atoms. The summed E-state index contributed by atoms with van der Waals surface area (Å²) in [6, 6.07) is 9.85. The molecule has 2 atom stereocenters. The van der Waals surface area contributed by atoms with Gasteiger partial charge in [0.1, 0.15) is 11.5 Å². The molecule has 3 aromatic rings. The molecule has 3 heterocycles. The van der Waals surface area contributed by atoms with Crippen molar-refractivity contribution in [3.05, 3.63) is 36.5 Å². The van der Waals surface area contributed by atoms with Crippen molar-refractivity contribution in [2.24, 2.45) is 0 Å². The van der Waals surface area contributed by atoms with Gasteiger partial charge in [0.05, 0.1) is 17.7 Å². The largest absolute Gasteiger partial charge is 0.399 e. The molecule has 124 valence electrons. The monoisotopic (exact) mass is 323 g/mol. The van der Waals surface area contributed by atoms with Crippen molar-refractivity contribution in [1.82, 2.24) is 15.2 Å². The van der Waals surface area contributed by atoms with Crippen LogP contribution >= 0.6 is 0 Å². The summed E-state index contributed by atoms with van der Waals surface area (Å²) in [7, 11) is 0. The molecule has 1 aromatic carbocycles. The smallest absolute Gasteiger partial charge is 0.129 e. The number of nitrogen functional groups attached to an aromatic ring is 1. The van der Waals surface area contributed by atoms with Gasteiger partial charge in [0, 0.05) is 35.9 Å². The molecule has 6 nitrogen and oxygen atoms in total. The van der Waals surface area contributed by atoms with Crippen LogP contribution in [0.15, 0.2) is 36.5 Å². The first-order valence-corrected chi connectivity index (χ1v) is 8.20. The van der Waals surface area contributed by atoms with E-state index in [4.69, 9.17) is 10.5 Å². The first kappa shape index (κ1) is 15.0. The highest BCUT2D eigenvalue weighted by molar-refractivity contribution is 5.94. The highest BCUT2D eigenvalue weighted by atomic mass is 16.5. The molecule has 0 bridgehead atoms. The van der Waals surface area contributed by atoms with Gasteiger partial charge >= 0.3 is 0 Å². The summed E-state index contributed by atoms with van der Waals surface area (Å²) in [6.07, 6.45) is 2.23. The second-order valence-corrected chi connectivity index (χ2v) is 6.44. The molecular formula is C18H21N5O. The van der Waals surface area contributed by atoms with E-state index in [0.717, 1.165) is 46.8 Å². The Morgan fingerprint density at radius 1 is 1.17 bits per heavy atom. The maximum Gasteiger partial charge on any atom is 0.129 e. The van der Waals surface area contributed by atoms with E-state index in [1.54, 1.807) is 0 Å². The molecule has 0 aliphatic carbocycles. The number of nitrogens with zero attached hydrogens (tertiary/aromatic N) is 3. The lowest BCUT2D eigenvalue weighted by molar-refractivity contribution is -0.00545. The van der Waals surface area contributed by atoms with Crippen LogP contribution < -0.4 is 10.6 Å². The Kier molecular flexibility index (Phi) is 3.61. The number of ether oxygens (including phenoxy) is 1. The number of benzene rings is 1. The van der Waals surface area contributed by atoms with Crippen LogP contribution in [0.3, 0.4) is 0 Å². The summed E-state index contributed by atoms with van der Waals surface area (Å²) < 4.78 is 5.81. The number of fused-ring (bicyclic) bond motifs is 1. The fraction of sp³-hybridized carbons (Fsp3) is 0.333. The zero-order valence-corrected chi connectivity index (χ0v) is 13.9. The van der Waals surface area contributed by atoms with E-state index in [9.17, 15) is 0 Å². The van der Waals surface area contributed by atoms with Crippen LogP contribution in [0, 0.1) is 0 Å². The number of nitrogens with two attached hydrogens (primary N) is 1. The summed E-state index contributed by atoms with van der Waals surface area (Å²) in [5, 5.41) is 8.56. The van der Waals surface area contributed by atoms with Crippen molar-refractivity contribution >= 4 is 22.4 Å². The summed E-state index contributed by atoms with van der Waals surface area (Å²) in [4.78, 5) is 6.82. The number of morpholine rings is 1. The maximum absolute atomic E-state index is 5.93. The maximum atomic E-state index is 5.93. The zero-order chi connectivity index (χ0) is 16.7. The normalized spacial score (nSPS) is 21.3. The van der Waals surface area contributed by atoms with Crippen LogP contribution in [0.4, 0.5) is 11.5 Å². The van der Waals surface area contributed by atoms with Crippen LogP contribution in [0.5, 0.6) is 0 Å². The fourth-order valence-corrected chi connectivity index (χ4v) is 3.36. The minimum atomic E-state index is 0.199. The summed E-state index contributed by atoms with van der Waals surface area (Å²) in [5.41, 5.74) is 9.57. The number of H-pyrrole nitrogens is 1. The summed E-state index contributed by atoms with van der Waals surface area (Å²) >= 11 is 0. The molecule has 1 fully saturated rings.